The third-order valence-electron chi connectivity index (χ3n) is 3.63. The molecule has 2 aromatic rings. The van der Waals surface area contributed by atoms with Crippen LogP contribution in [0.4, 0.5) is 10.1 Å². The first kappa shape index (κ1) is 15.6. The molecular weight excluding hydrogens is 267 g/mol. The molecule has 1 aromatic heterocycles. The number of rotatable bonds is 7. The third kappa shape index (κ3) is 3.85. The second-order valence-electron chi connectivity index (χ2n) is 5.08. The maximum Gasteiger partial charge on any atom is 0.146 e. The molecule has 21 heavy (non-hydrogen) atoms. The molecule has 0 fully saturated rings. The number of anilines is 1. The molecule has 114 valence electrons. The van der Waals surface area contributed by atoms with E-state index < -0.39 is 0 Å². The van der Waals surface area contributed by atoms with E-state index in [4.69, 9.17) is 4.42 Å². The normalized spacial score (nSPS) is 12.4. The minimum absolute atomic E-state index is 0.152. The molecule has 3 nitrogen and oxygen atoms in total. The van der Waals surface area contributed by atoms with Crippen molar-refractivity contribution in [1.29, 1.82) is 0 Å². The molecule has 1 atom stereocenters. The zero-order valence-corrected chi connectivity index (χ0v) is 12.9. The van der Waals surface area contributed by atoms with E-state index in [-0.39, 0.29) is 11.9 Å². The van der Waals surface area contributed by atoms with E-state index in [0.29, 0.717) is 12.2 Å². The largest absolute Gasteiger partial charge is 0.467 e. The van der Waals surface area contributed by atoms with E-state index in [2.05, 4.69) is 5.32 Å². The summed E-state index contributed by atoms with van der Waals surface area (Å²) in [5.74, 6) is 0.645. The van der Waals surface area contributed by atoms with Gasteiger partial charge in [0.2, 0.25) is 0 Å². The van der Waals surface area contributed by atoms with Gasteiger partial charge in [-0.3, -0.25) is 0 Å². The van der Waals surface area contributed by atoms with Crippen molar-refractivity contribution in [3.63, 3.8) is 0 Å². The molecule has 1 heterocycles. The SMILES string of the molecule is CCNC(C)c1ccc(N(CC)Cc2ccco2)c(F)c1. The van der Waals surface area contributed by atoms with Gasteiger partial charge in [0, 0.05) is 12.6 Å². The highest BCUT2D eigenvalue weighted by atomic mass is 19.1. The Balaban J connectivity index is 2.18. The lowest BCUT2D eigenvalue weighted by molar-refractivity contribution is 0.501. The third-order valence-corrected chi connectivity index (χ3v) is 3.63. The van der Waals surface area contributed by atoms with E-state index >= 15 is 0 Å². The molecule has 0 aliphatic heterocycles. The fraction of sp³-hybridized carbons (Fsp3) is 0.412. The van der Waals surface area contributed by atoms with Crippen LogP contribution in [-0.4, -0.2) is 13.1 Å². The highest BCUT2D eigenvalue weighted by molar-refractivity contribution is 5.49. The van der Waals surface area contributed by atoms with Gasteiger partial charge in [-0.2, -0.15) is 0 Å². The minimum atomic E-state index is -0.189. The van der Waals surface area contributed by atoms with Crippen LogP contribution >= 0.6 is 0 Å². The van der Waals surface area contributed by atoms with Crippen LogP contribution in [0.2, 0.25) is 0 Å². The lowest BCUT2D eigenvalue weighted by Crippen LogP contribution is -2.23. The van der Waals surface area contributed by atoms with Crippen LogP contribution in [0.1, 0.15) is 38.1 Å². The topological polar surface area (TPSA) is 28.4 Å². The molecule has 1 aromatic carbocycles. The van der Waals surface area contributed by atoms with Crippen molar-refractivity contribution in [2.24, 2.45) is 0 Å². The van der Waals surface area contributed by atoms with Gasteiger partial charge in [-0.25, -0.2) is 4.39 Å². The Kier molecular flexibility index (Phi) is 5.39. The van der Waals surface area contributed by atoms with Crippen LogP contribution in [0.5, 0.6) is 0 Å². The Hall–Kier alpha value is -1.81. The molecule has 0 amide bonds. The minimum Gasteiger partial charge on any atom is -0.467 e. The first-order chi connectivity index (χ1) is 10.2. The van der Waals surface area contributed by atoms with E-state index in [9.17, 15) is 4.39 Å². The maximum atomic E-state index is 14.4. The molecule has 0 aliphatic rings. The molecule has 0 saturated carbocycles. The van der Waals surface area contributed by atoms with E-state index in [1.165, 1.54) is 0 Å². The number of hydrogen-bond donors (Lipinski definition) is 1. The fourth-order valence-electron chi connectivity index (χ4n) is 2.43. The molecule has 4 heteroatoms. The fourth-order valence-corrected chi connectivity index (χ4v) is 2.43. The van der Waals surface area contributed by atoms with Gasteiger partial charge in [0.25, 0.3) is 0 Å². The number of hydrogen-bond acceptors (Lipinski definition) is 3. The van der Waals surface area contributed by atoms with Gasteiger partial charge >= 0.3 is 0 Å². The lowest BCUT2D eigenvalue weighted by Gasteiger charge is -2.23. The van der Waals surface area contributed by atoms with Crippen molar-refractivity contribution in [1.82, 2.24) is 5.32 Å². The van der Waals surface area contributed by atoms with Crippen LogP contribution in [0, 0.1) is 5.82 Å². The van der Waals surface area contributed by atoms with Gasteiger partial charge in [0.1, 0.15) is 11.6 Å². The maximum absolute atomic E-state index is 14.4. The summed E-state index contributed by atoms with van der Waals surface area (Å²) in [6, 6.07) is 9.36. The van der Waals surface area contributed by atoms with Crippen LogP contribution in [-0.2, 0) is 6.54 Å². The summed E-state index contributed by atoms with van der Waals surface area (Å²) in [4.78, 5) is 1.97. The molecule has 0 radical (unpaired) electrons. The highest BCUT2D eigenvalue weighted by Crippen LogP contribution is 2.25. The Labute approximate surface area is 125 Å². The summed E-state index contributed by atoms with van der Waals surface area (Å²) in [7, 11) is 0. The van der Waals surface area contributed by atoms with Crippen molar-refractivity contribution in [2.45, 2.75) is 33.4 Å². The molecule has 2 rings (SSSR count). The van der Waals surface area contributed by atoms with Gasteiger partial charge in [-0.05, 0) is 50.2 Å². The number of furan rings is 1. The van der Waals surface area contributed by atoms with Crippen molar-refractivity contribution in [3.8, 4) is 0 Å². The Morgan fingerprint density at radius 3 is 2.67 bits per heavy atom. The first-order valence-corrected chi connectivity index (χ1v) is 7.45. The van der Waals surface area contributed by atoms with Crippen LogP contribution in [0.3, 0.4) is 0 Å². The standard InChI is InChI=1S/C17H23FN2O/c1-4-19-13(3)14-8-9-17(16(18)11-14)20(5-2)12-15-7-6-10-21-15/h6-11,13,19H,4-5,12H2,1-3H3. The zero-order valence-electron chi connectivity index (χ0n) is 12.9. The van der Waals surface area contributed by atoms with Crippen molar-refractivity contribution in [2.75, 3.05) is 18.0 Å². The van der Waals surface area contributed by atoms with Gasteiger partial charge in [0.05, 0.1) is 18.5 Å². The molecule has 0 saturated heterocycles. The van der Waals surface area contributed by atoms with Crippen molar-refractivity contribution in [3.05, 3.63) is 53.7 Å². The summed E-state index contributed by atoms with van der Waals surface area (Å²) >= 11 is 0. The molecule has 0 bridgehead atoms. The van der Waals surface area contributed by atoms with E-state index in [1.54, 1.807) is 12.3 Å². The number of halogens is 1. The summed E-state index contributed by atoms with van der Waals surface area (Å²) in [6.07, 6.45) is 1.64. The summed E-state index contributed by atoms with van der Waals surface area (Å²) in [5, 5.41) is 3.29. The van der Waals surface area contributed by atoms with Gasteiger partial charge in [0.15, 0.2) is 0 Å². The Morgan fingerprint density at radius 2 is 2.10 bits per heavy atom. The molecular formula is C17H23FN2O. The van der Waals surface area contributed by atoms with Crippen molar-refractivity contribution < 1.29 is 8.81 Å². The molecule has 0 spiro atoms. The van der Waals surface area contributed by atoms with Gasteiger partial charge < -0.3 is 14.6 Å². The summed E-state index contributed by atoms with van der Waals surface area (Å²) in [5.41, 5.74) is 1.58. The average Bonchev–Trinajstić information content (AvgIpc) is 2.98. The smallest absolute Gasteiger partial charge is 0.146 e. The second kappa shape index (κ2) is 7.27. The Morgan fingerprint density at radius 1 is 1.29 bits per heavy atom. The van der Waals surface area contributed by atoms with Crippen LogP contribution in [0.15, 0.2) is 41.0 Å². The molecule has 1 N–H and O–H groups in total. The zero-order chi connectivity index (χ0) is 15.2. The number of benzene rings is 1. The van der Waals surface area contributed by atoms with Gasteiger partial charge in [-0.1, -0.05) is 13.0 Å². The highest BCUT2D eigenvalue weighted by Gasteiger charge is 2.14. The predicted octanol–water partition coefficient (Wildman–Crippen LogP) is 4.12. The quantitative estimate of drug-likeness (QED) is 0.831. The van der Waals surface area contributed by atoms with Gasteiger partial charge in [-0.15, -0.1) is 0 Å². The summed E-state index contributed by atoms with van der Waals surface area (Å²) < 4.78 is 19.8. The second-order valence-corrected chi connectivity index (χ2v) is 5.08. The predicted molar refractivity (Wildman–Crippen MR) is 83.9 cm³/mol. The van der Waals surface area contributed by atoms with Crippen LogP contribution < -0.4 is 10.2 Å². The van der Waals surface area contributed by atoms with Crippen molar-refractivity contribution >= 4 is 5.69 Å². The first-order valence-electron chi connectivity index (χ1n) is 7.45. The Bertz CT molecular complexity index is 554. The van der Waals surface area contributed by atoms with E-state index in [1.807, 2.05) is 49.9 Å². The monoisotopic (exact) mass is 290 g/mol. The average molecular weight is 290 g/mol. The number of nitrogens with one attached hydrogen (secondary N) is 1. The lowest BCUT2D eigenvalue weighted by atomic mass is 10.1. The number of nitrogens with zero attached hydrogens (tertiary/aromatic N) is 1. The summed E-state index contributed by atoms with van der Waals surface area (Å²) in [6.45, 7) is 8.26. The van der Waals surface area contributed by atoms with Crippen LogP contribution in [0.25, 0.3) is 0 Å². The van der Waals surface area contributed by atoms with E-state index in [0.717, 1.165) is 24.4 Å². The molecule has 1 unspecified atom stereocenters. The molecule has 0 aliphatic carbocycles.